The van der Waals surface area contributed by atoms with Gasteiger partial charge in [0.15, 0.2) is 0 Å². The van der Waals surface area contributed by atoms with Crippen molar-refractivity contribution in [1.82, 2.24) is 9.80 Å². The molecular formula is C22H29ClF3N3O3. The first-order valence-electron chi connectivity index (χ1n) is 10.8. The number of carbonyl (C=O) groups excluding carboxylic acids is 2. The minimum atomic E-state index is -4.63. The summed E-state index contributed by atoms with van der Waals surface area (Å²) in [5.41, 5.74) is -1.30. The minimum Gasteiger partial charge on any atom is -0.372 e. The smallest absolute Gasteiger partial charge is 0.372 e. The first-order chi connectivity index (χ1) is 15.0. The third-order valence-corrected chi connectivity index (χ3v) is 6.32. The monoisotopic (exact) mass is 475 g/mol. The van der Waals surface area contributed by atoms with Crippen LogP contribution in [0.3, 0.4) is 0 Å². The van der Waals surface area contributed by atoms with E-state index in [-0.39, 0.29) is 34.7 Å². The van der Waals surface area contributed by atoms with Gasteiger partial charge in [-0.1, -0.05) is 11.6 Å². The van der Waals surface area contributed by atoms with Crippen LogP contribution >= 0.6 is 11.6 Å². The molecule has 2 amide bonds. The molecule has 0 aliphatic carbocycles. The highest BCUT2D eigenvalue weighted by atomic mass is 35.5. The fourth-order valence-corrected chi connectivity index (χ4v) is 4.58. The number of alkyl halides is 3. The highest BCUT2D eigenvalue weighted by molar-refractivity contribution is 6.30. The Morgan fingerprint density at radius 1 is 1.16 bits per heavy atom. The summed E-state index contributed by atoms with van der Waals surface area (Å²) < 4.78 is 45.6. The van der Waals surface area contributed by atoms with Crippen LogP contribution in [0.5, 0.6) is 0 Å². The zero-order valence-electron chi connectivity index (χ0n) is 18.4. The summed E-state index contributed by atoms with van der Waals surface area (Å²) in [5, 5.41) is 2.33. The lowest BCUT2D eigenvalue weighted by molar-refractivity contribution is -0.149. The van der Waals surface area contributed by atoms with Crippen molar-refractivity contribution in [2.24, 2.45) is 5.92 Å². The van der Waals surface area contributed by atoms with Crippen LogP contribution in [-0.2, 0) is 20.5 Å². The number of carbonyl (C=O) groups is 2. The molecule has 10 heteroatoms. The normalized spacial score (nSPS) is 24.3. The molecule has 6 nitrogen and oxygen atoms in total. The van der Waals surface area contributed by atoms with Crippen molar-refractivity contribution >= 4 is 29.1 Å². The zero-order valence-corrected chi connectivity index (χ0v) is 19.2. The molecule has 2 saturated heterocycles. The third kappa shape index (κ3) is 5.94. The number of likely N-dealkylation sites (tertiary alicyclic amines) is 1. The second-order valence-corrected chi connectivity index (χ2v) is 9.10. The molecule has 3 atom stereocenters. The van der Waals surface area contributed by atoms with E-state index in [0.29, 0.717) is 39.0 Å². The number of piperidine rings is 1. The summed E-state index contributed by atoms with van der Waals surface area (Å²) in [6.07, 6.45) is -3.43. The van der Waals surface area contributed by atoms with Crippen LogP contribution in [0.1, 0.15) is 39.2 Å². The molecule has 0 saturated carbocycles. The molecule has 0 radical (unpaired) electrons. The van der Waals surface area contributed by atoms with Gasteiger partial charge in [0, 0.05) is 24.0 Å². The second kappa shape index (κ2) is 9.97. The van der Waals surface area contributed by atoms with Gasteiger partial charge in [0.25, 0.3) is 0 Å². The van der Waals surface area contributed by atoms with Gasteiger partial charge in [0.05, 0.1) is 29.5 Å². The van der Waals surface area contributed by atoms with E-state index in [1.54, 1.807) is 6.92 Å². The molecular weight excluding hydrogens is 447 g/mol. The third-order valence-electron chi connectivity index (χ3n) is 6.08. The van der Waals surface area contributed by atoms with E-state index in [0.717, 1.165) is 12.1 Å². The number of rotatable bonds is 4. The van der Waals surface area contributed by atoms with Gasteiger partial charge in [0.2, 0.25) is 11.8 Å². The molecule has 2 aliphatic rings. The minimum absolute atomic E-state index is 0.000893. The van der Waals surface area contributed by atoms with Crippen LogP contribution in [0, 0.1) is 5.92 Å². The van der Waals surface area contributed by atoms with Gasteiger partial charge < -0.3 is 15.0 Å². The maximum absolute atomic E-state index is 13.3. The molecule has 2 heterocycles. The van der Waals surface area contributed by atoms with Crippen LogP contribution in [0.15, 0.2) is 18.2 Å². The molecule has 2 fully saturated rings. The summed E-state index contributed by atoms with van der Waals surface area (Å²) >= 11 is 5.70. The van der Waals surface area contributed by atoms with Crippen LogP contribution < -0.4 is 5.32 Å². The Kier molecular flexibility index (Phi) is 7.73. The summed E-state index contributed by atoms with van der Waals surface area (Å²) in [7, 11) is 0. The van der Waals surface area contributed by atoms with Crippen molar-refractivity contribution in [3.63, 3.8) is 0 Å². The number of nitrogens with one attached hydrogen (secondary N) is 1. The number of hydrogen-bond acceptors (Lipinski definition) is 4. The quantitative estimate of drug-likeness (QED) is 0.714. The van der Waals surface area contributed by atoms with Crippen LogP contribution in [0.4, 0.5) is 18.9 Å². The summed E-state index contributed by atoms with van der Waals surface area (Å²) in [6.45, 7) is 7.75. The predicted octanol–water partition coefficient (Wildman–Crippen LogP) is 4.03. The van der Waals surface area contributed by atoms with Crippen molar-refractivity contribution in [3.8, 4) is 0 Å². The number of benzene rings is 1. The Morgan fingerprint density at radius 2 is 1.75 bits per heavy atom. The molecule has 3 rings (SSSR count). The van der Waals surface area contributed by atoms with Gasteiger partial charge >= 0.3 is 6.18 Å². The SMILES string of the molecule is CC1CN(C(=O)C2CCN(C(C)C(=O)Nc3ccc(Cl)cc3C(F)(F)F)CC2)CC(C)O1. The Labute approximate surface area is 191 Å². The number of anilines is 1. The molecule has 3 unspecified atom stereocenters. The first-order valence-corrected chi connectivity index (χ1v) is 11.2. The largest absolute Gasteiger partial charge is 0.418 e. The molecule has 1 aromatic rings. The van der Waals surface area contributed by atoms with Gasteiger partial charge in [-0.2, -0.15) is 13.2 Å². The van der Waals surface area contributed by atoms with Crippen LogP contribution in [0.2, 0.25) is 5.02 Å². The van der Waals surface area contributed by atoms with Crippen molar-refractivity contribution in [1.29, 1.82) is 0 Å². The Bertz CT molecular complexity index is 833. The molecule has 2 aliphatic heterocycles. The molecule has 0 bridgehead atoms. The van der Waals surface area contributed by atoms with Gasteiger partial charge in [-0.15, -0.1) is 0 Å². The molecule has 1 N–H and O–H groups in total. The van der Waals surface area contributed by atoms with Crippen LogP contribution in [0.25, 0.3) is 0 Å². The highest BCUT2D eigenvalue weighted by Crippen LogP contribution is 2.36. The maximum atomic E-state index is 13.3. The predicted molar refractivity (Wildman–Crippen MR) is 115 cm³/mol. The number of nitrogens with zero attached hydrogens (tertiary/aromatic N) is 2. The lowest BCUT2D eigenvalue weighted by atomic mass is 9.93. The van der Waals surface area contributed by atoms with E-state index in [2.05, 4.69) is 5.32 Å². The average molecular weight is 476 g/mol. The van der Waals surface area contributed by atoms with E-state index in [9.17, 15) is 22.8 Å². The molecule has 1 aromatic carbocycles. The number of amides is 2. The topological polar surface area (TPSA) is 61.9 Å². The summed E-state index contributed by atoms with van der Waals surface area (Å²) in [4.78, 5) is 29.3. The Hall–Kier alpha value is -1.84. The summed E-state index contributed by atoms with van der Waals surface area (Å²) in [5.74, 6) is -0.537. The van der Waals surface area contributed by atoms with E-state index in [1.807, 2.05) is 23.6 Å². The van der Waals surface area contributed by atoms with Crippen molar-refractivity contribution in [2.45, 2.75) is 58.0 Å². The standard InChI is InChI=1S/C22H29ClF3N3O3/c1-13-11-29(12-14(2)32-13)21(31)16-6-8-28(9-7-16)15(3)20(30)27-19-5-4-17(23)10-18(19)22(24,25)26/h4-5,10,13-16H,6-9,11-12H2,1-3H3,(H,27,30). The zero-order chi connectivity index (χ0) is 23.6. The fourth-order valence-electron chi connectivity index (χ4n) is 4.41. The number of hydrogen-bond donors (Lipinski definition) is 1. The van der Waals surface area contributed by atoms with Gasteiger partial charge in [-0.25, -0.2) is 0 Å². The number of ether oxygens (including phenoxy) is 1. The van der Waals surface area contributed by atoms with Gasteiger partial charge in [-0.05, 0) is 64.9 Å². The van der Waals surface area contributed by atoms with Gasteiger partial charge in [-0.3, -0.25) is 14.5 Å². The molecule has 0 spiro atoms. The van der Waals surface area contributed by atoms with Crippen molar-refractivity contribution < 1.29 is 27.5 Å². The lowest BCUT2D eigenvalue weighted by Crippen LogP contribution is -2.52. The highest BCUT2D eigenvalue weighted by Gasteiger charge is 2.36. The van der Waals surface area contributed by atoms with E-state index >= 15 is 0 Å². The lowest BCUT2D eigenvalue weighted by Gasteiger charge is -2.40. The van der Waals surface area contributed by atoms with Crippen molar-refractivity contribution in [2.75, 3.05) is 31.5 Å². The van der Waals surface area contributed by atoms with E-state index in [1.165, 1.54) is 6.07 Å². The number of halogens is 4. The number of morpholine rings is 1. The first kappa shape index (κ1) is 24.8. The maximum Gasteiger partial charge on any atom is 0.418 e. The van der Waals surface area contributed by atoms with E-state index in [4.69, 9.17) is 16.3 Å². The molecule has 0 aromatic heterocycles. The average Bonchev–Trinajstić information content (AvgIpc) is 2.72. The Morgan fingerprint density at radius 3 is 2.31 bits per heavy atom. The fraction of sp³-hybridized carbons (Fsp3) is 0.636. The summed E-state index contributed by atoms with van der Waals surface area (Å²) in [6, 6.07) is 2.63. The molecule has 178 valence electrons. The Balaban J connectivity index is 1.57. The molecule has 32 heavy (non-hydrogen) atoms. The van der Waals surface area contributed by atoms with Crippen LogP contribution in [-0.4, -0.2) is 66.0 Å². The van der Waals surface area contributed by atoms with E-state index < -0.39 is 23.7 Å². The van der Waals surface area contributed by atoms with Crippen molar-refractivity contribution in [3.05, 3.63) is 28.8 Å². The second-order valence-electron chi connectivity index (χ2n) is 8.66. The van der Waals surface area contributed by atoms with Gasteiger partial charge in [0.1, 0.15) is 0 Å².